The molecule has 4 amide bonds. The summed E-state index contributed by atoms with van der Waals surface area (Å²) in [6.07, 6.45) is 3.79. The van der Waals surface area contributed by atoms with E-state index in [1.165, 1.54) is 0 Å². The molecular formula is C21H34N3O8S+. The molecule has 3 aliphatic rings. The molecule has 3 N–H and O–H groups in total. The van der Waals surface area contributed by atoms with E-state index in [1.807, 2.05) is 0 Å². The Morgan fingerprint density at radius 3 is 2.30 bits per heavy atom. The third-order valence-electron chi connectivity index (χ3n) is 7.31. The van der Waals surface area contributed by atoms with Gasteiger partial charge in [-0.15, -0.1) is 4.48 Å². The molecule has 1 aliphatic carbocycles. The topological polar surface area (TPSA) is 161 Å². The summed E-state index contributed by atoms with van der Waals surface area (Å²) in [4.78, 5) is 50.8. The van der Waals surface area contributed by atoms with E-state index in [2.05, 4.69) is 0 Å². The summed E-state index contributed by atoms with van der Waals surface area (Å²) in [5.74, 6) is -2.25. The number of sulfone groups is 1. The Hall–Kier alpha value is -2.05. The summed E-state index contributed by atoms with van der Waals surface area (Å²) in [7, 11) is -3.17. The second-order valence-electron chi connectivity index (χ2n) is 9.54. The minimum atomic E-state index is -3.17. The van der Waals surface area contributed by atoms with Gasteiger partial charge in [0, 0.05) is 12.8 Å². The van der Waals surface area contributed by atoms with E-state index in [9.17, 15) is 32.8 Å². The lowest BCUT2D eigenvalue weighted by Crippen LogP contribution is -2.66. The molecule has 3 rings (SSSR count). The molecule has 2 heterocycles. The Balaban J connectivity index is 1.88. The summed E-state index contributed by atoms with van der Waals surface area (Å²) in [5.41, 5.74) is 5.60. The lowest BCUT2D eigenvalue weighted by atomic mass is 9.91. The van der Waals surface area contributed by atoms with Crippen LogP contribution in [0.3, 0.4) is 0 Å². The zero-order chi connectivity index (χ0) is 24.2. The van der Waals surface area contributed by atoms with Crippen LogP contribution in [0.2, 0.25) is 0 Å². The normalized spacial score (nSPS) is 28.8. The molecule has 186 valence electrons. The van der Waals surface area contributed by atoms with Gasteiger partial charge >= 0.3 is 12.0 Å². The molecule has 0 radical (unpaired) electrons. The number of imide groups is 1. The first-order chi connectivity index (χ1) is 15.6. The van der Waals surface area contributed by atoms with E-state index >= 15 is 0 Å². The highest BCUT2D eigenvalue weighted by Crippen LogP contribution is 2.37. The molecule has 0 spiro atoms. The Kier molecular flexibility index (Phi) is 8.12. The van der Waals surface area contributed by atoms with E-state index in [4.69, 9.17) is 10.5 Å². The largest absolute Gasteiger partial charge is 0.524 e. The van der Waals surface area contributed by atoms with Crippen LogP contribution in [0.25, 0.3) is 0 Å². The predicted octanol–water partition coefficient (Wildman–Crippen LogP) is 0.735. The Bertz CT molecular complexity index is 859. The number of rotatable bonds is 8. The molecule has 11 nitrogen and oxygen atoms in total. The second kappa shape index (κ2) is 10.5. The lowest BCUT2D eigenvalue weighted by Gasteiger charge is -2.36. The van der Waals surface area contributed by atoms with Gasteiger partial charge in [-0.1, -0.05) is 25.7 Å². The fourth-order valence-electron chi connectivity index (χ4n) is 5.56. The molecule has 1 unspecified atom stereocenters. The summed E-state index contributed by atoms with van der Waals surface area (Å²) in [5, 5.41) is 10.2. The SMILES string of the molecule is NC(=O)[C@@H]1CCC[N+]1(C(=O)OC1CCS(=O)(=O)CC1)C(=O)[C@H](CC1CCCC1)CN(O)C=O. The zero-order valence-corrected chi connectivity index (χ0v) is 19.6. The molecule has 3 fully saturated rings. The highest BCUT2D eigenvalue weighted by molar-refractivity contribution is 7.91. The molecule has 2 aliphatic heterocycles. The first-order valence-electron chi connectivity index (χ1n) is 11.6. The Labute approximate surface area is 193 Å². The number of amides is 4. The molecule has 0 aromatic heterocycles. The van der Waals surface area contributed by atoms with E-state index in [0.29, 0.717) is 17.9 Å². The maximum atomic E-state index is 13.9. The van der Waals surface area contributed by atoms with Gasteiger partial charge in [0.25, 0.3) is 5.91 Å². The minimum absolute atomic E-state index is 0.0317. The lowest BCUT2D eigenvalue weighted by molar-refractivity contribution is -0.787. The molecule has 0 aromatic rings. The number of nitrogens with two attached hydrogens (primary N) is 1. The number of hydrogen-bond acceptors (Lipinski definition) is 8. The number of quaternary nitrogens is 1. The summed E-state index contributed by atoms with van der Waals surface area (Å²) < 4.78 is 28.2. The first-order valence-corrected chi connectivity index (χ1v) is 13.4. The Morgan fingerprint density at radius 2 is 1.73 bits per heavy atom. The van der Waals surface area contributed by atoms with Crippen molar-refractivity contribution in [3.8, 4) is 0 Å². The number of primary amides is 1. The number of likely N-dealkylation sites (tertiary alicyclic amines) is 1. The van der Waals surface area contributed by atoms with Gasteiger partial charge in [0.05, 0.1) is 30.5 Å². The average Bonchev–Trinajstić information content (AvgIpc) is 3.44. The van der Waals surface area contributed by atoms with Crippen molar-refractivity contribution in [2.75, 3.05) is 24.6 Å². The summed E-state index contributed by atoms with van der Waals surface area (Å²) in [6, 6.07) is -1.10. The van der Waals surface area contributed by atoms with Crippen molar-refractivity contribution < 1.29 is 42.0 Å². The van der Waals surface area contributed by atoms with Crippen molar-refractivity contribution in [3.05, 3.63) is 0 Å². The molecule has 0 aromatic carbocycles. The van der Waals surface area contributed by atoms with Crippen molar-refractivity contribution in [2.45, 2.75) is 69.9 Å². The van der Waals surface area contributed by atoms with Crippen LogP contribution in [0, 0.1) is 11.8 Å². The smallest absolute Gasteiger partial charge is 0.416 e. The number of carbonyl (C=O) groups is 4. The van der Waals surface area contributed by atoms with Gasteiger partial charge in [0.2, 0.25) is 6.41 Å². The van der Waals surface area contributed by atoms with E-state index in [-0.39, 0.29) is 56.2 Å². The molecule has 1 saturated carbocycles. The summed E-state index contributed by atoms with van der Waals surface area (Å²) >= 11 is 0. The fraction of sp³-hybridized carbons (Fsp3) is 0.810. The second-order valence-corrected chi connectivity index (χ2v) is 11.8. The van der Waals surface area contributed by atoms with E-state index in [1.54, 1.807) is 0 Å². The number of nitrogens with zero attached hydrogens (tertiary/aromatic N) is 2. The van der Waals surface area contributed by atoms with Crippen molar-refractivity contribution >= 4 is 34.2 Å². The van der Waals surface area contributed by atoms with Gasteiger partial charge in [0.15, 0.2) is 15.9 Å². The zero-order valence-electron chi connectivity index (χ0n) is 18.8. The maximum Gasteiger partial charge on any atom is 0.524 e. The van der Waals surface area contributed by atoms with Crippen LogP contribution in [0.1, 0.15) is 57.8 Å². The maximum absolute atomic E-state index is 13.9. The van der Waals surface area contributed by atoms with Crippen molar-refractivity contribution in [1.29, 1.82) is 0 Å². The highest BCUT2D eigenvalue weighted by Gasteiger charge is 2.60. The molecule has 33 heavy (non-hydrogen) atoms. The van der Waals surface area contributed by atoms with Crippen LogP contribution >= 0.6 is 0 Å². The van der Waals surface area contributed by atoms with Crippen molar-refractivity contribution in [1.82, 2.24) is 5.06 Å². The van der Waals surface area contributed by atoms with Crippen LogP contribution < -0.4 is 5.73 Å². The fourth-order valence-corrected chi connectivity index (χ4v) is 7.01. The van der Waals surface area contributed by atoms with Gasteiger partial charge in [0.1, 0.15) is 6.10 Å². The van der Waals surface area contributed by atoms with Gasteiger partial charge in [-0.05, 0) is 25.2 Å². The molecular weight excluding hydrogens is 454 g/mol. The van der Waals surface area contributed by atoms with Gasteiger partial charge in [-0.2, -0.15) is 4.79 Å². The van der Waals surface area contributed by atoms with Crippen LogP contribution in [0.4, 0.5) is 4.79 Å². The predicted molar refractivity (Wildman–Crippen MR) is 115 cm³/mol. The number of hydrogen-bond donors (Lipinski definition) is 2. The Morgan fingerprint density at radius 1 is 1.09 bits per heavy atom. The van der Waals surface area contributed by atoms with Crippen LogP contribution in [-0.4, -0.2) is 84.2 Å². The first kappa shape index (κ1) is 25.6. The third kappa shape index (κ3) is 5.72. The van der Waals surface area contributed by atoms with Crippen LogP contribution in [0.15, 0.2) is 0 Å². The molecule has 2 saturated heterocycles. The molecule has 12 heteroatoms. The average molecular weight is 489 g/mol. The quantitative estimate of drug-likeness (QED) is 0.219. The third-order valence-corrected chi connectivity index (χ3v) is 9.02. The van der Waals surface area contributed by atoms with Gasteiger partial charge in [-0.3, -0.25) is 14.8 Å². The van der Waals surface area contributed by atoms with E-state index in [0.717, 1.165) is 25.7 Å². The number of hydroxylamine groups is 2. The van der Waals surface area contributed by atoms with Crippen LogP contribution in [0.5, 0.6) is 0 Å². The monoisotopic (exact) mass is 488 g/mol. The number of carbonyl (C=O) groups excluding carboxylic acids is 4. The molecule has 3 atom stereocenters. The highest BCUT2D eigenvalue weighted by atomic mass is 32.2. The minimum Gasteiger partial charge on any atom is -0.416 e. The van der Waals surface area contributed by atoms with Gasteiger partial charge < -0.3 is 10.5 Å². The standard InChI is InChI=1S/C21H33N3O8S/c22-19(26)18-6-3-9-24(18,21(28)32-17-7-10-33(30,31)11-8-17)20(27)16(13-23(29)14-25)12-15-4-1-2-5-15/h14-18,29H,1-13H2,(H-,22,26)/p+1/t16-,18+,24?/m1/s1. The molecule has 0 bridgehead atoms. The van der Waals surface area contributed by atoms with E-state index < -0.39 is 50.3 Å². The van der Waals surface area contributed by atoms with Gasteiger partial charge in [-0.25, -0.2) is 18.3 Å². The van der Waals surface area contributed by atoms with Crippen LogP contribution in [-0.2, 0) is 29.0 Å². The van der Waals surface area contributed by atoms with Crippen molar-refractivity contribution in [3.63, 3.8) is 0 Å². The number of ether oxygens (including phenoxy) is 1. The summed E-state index contributed by atoms with van der Waals surface area (Å²) in [6.45, 7) is -0.261. The van der Waals surface area contributed by atoms with Crippen molar-refractivity contribution in [2.24, 2.45) is 17.6 Å².